The number of piperidine rings is 1. The molecule has 1 amide bonds. The summed E-state index contributed by atoms with van der Waals surface area (Å²) in [5.74, 6) is 0.318. The van der Waals surface area contributed by atoms with Gasteiger partial charge in [0.2, 0.25) is 0 Å². The highest BCUT2D eigenvalue weighted by molar-refractivity contribution is 5.81. The van der Waals surface area contributed by atoms with Crippen molar-refractivity contribution in [1.82, 2.24) is 4.90 Å². The third kappa shape index (κ3) is 4.57. The number of hydrogen-bond donors (Lipinski definition) is 0. The SMILES string of the molecule is CCC(=O)C1CCN(C(=O)OC(C)(C)C)C(c2ccccc2)C1. The van der Waals surface area contributed by atoms with Crippen molar-refractivity contribution < 1.29 is 14.3 Å². The summed E-state index contributed by atoms with van der Waals surface area (Å²) in [6.07, 6.45) is 1.65. The average molecular weight is 317 g/mol. The maximum Gasteiger partial charge on any atom is 0.410 e. The first-order chi connectivity index (χ1) is 10.8. The minimum absolute atomic E-state index is 0.0314. The standard InChI is InChI=1S/C19H27NO3/c1-5-17(21)15-11-12-20(18(22)23-19(2,3)4)16(13-15)14-9-7-6-8-10-14/h6-10,15-16H,5,11-13H2,1-4H3. The van der Waals surface area contributed by atoms with Crippen LogP contribution in [0.25, 0.3) is 0 Å². The molecular formula is C19H27NO3. The fraction of sp³-hybridized carbons (Fsp3) is 0.579. The minimum atomic E-state index is -0.519. The zero-order chi connectivity index (χ0) is 17.0. The maximum absolute atomic E-state index is 12.6. The normalized spacial score (nSPS) is 21.8. The van der Waals surface area contributed by atoms with Crippen LogP contribution in [0.1, 0.15) is 58.6 Å². The lowest BCUT2D eigenvalue weighted by Crippen LogP contribution is -2.44. The number of carbonyl (C=O) groups is 2. The van der Waals surface area contributed by atoms with Gasteiger partial charge in [0.25, 0.3) is 0 Å². The van der Waals surface area contributed by atoms with Gasteiger partial charge < -0.3 is 9.64 Å². The first-order valence-electron chi connectivity index (χ1n) is 8.39. The van der Waals surface area contributed by atoms with Crippen molar-refractivity contribution >= 4 is 11.9 Å². The summed E-state index contributed by atoms with van der Waals surface area (Å²) in [7, 11) is 0. The Morgan fingerprint density at radius 1 is 1.22 bits per heavy atom. The largest absolute Gasteiger partial charge is 0.444 e. The van der Waals surface area contributed by atoms with Gasteiger partial charge in [-0.1, -0.05) is 37.3 Å². The van der Waals surface area contributed by atoms with Crippen LogP contribution in [0.2, 0.25) is 0 Å². The van der Waals surface area contributed by atoms with Crippen molar-refractivity contribution in [2.45, 2.75) is 58.6 Å². The lowest BCUT2D eigenvalue weighted by atomic mass is 9.84. The van der Waals surface area contributed by atoms with Crippen LogP contribution in [-0.4, -0.2) is 28.9 Å². The third-order valence-corrected chi connectivity index (χ3v) is 4.22. The van der Waals surface area contributed by atoms with Crippen molar-refractivity contribution in [3.63, 3.8) is 0 Å². The second kappa shape index (κ2) is 7.16. The number of benzene rings is 1. The molecule has 0 radical (unpaired) electrons. The van der Waals surface area contributed by atoms with Crippen LogP contribution in [0.4, 0.5) is 4.79 Å². The highest BCUT2D eigenvalue weighted by Gasteiger charge is 2.36. The van der Waals surface area contributed by atoms with E-state index < -0.39 is 5.60 Å². The summed E-state index contributed by atoms with van der Waals surface area (Å²) in [4.78, 5) is 26.5. The number of hydrogen-bond acceptors (Lipinski definition) is 3. The number of ether oxygens (including phenoxy) is 1. The smallest absolute Gasteiger partial charge is 0.410 e. The number of ketones is 1. The van der Waals surface area contributed by atoms with E-state index in [0.29, 0.717) is 19.4 Å². The minimum Gasteiger partial charge on any atom is -0.444 e. The van der Waals surface area contributed by atoms with Crippen molar-refractivity contribution in [1.29, 1.82) is 0 Å². The lowest BCUT2D eigenvalue weighted by Gasteiger charge is -2.39. The molecule has 2 unspecified atom stereocenters. The van der Waals surface area contributed by atoms with Crippen molar-refractivity contribution in [3.8, 4) is 0 Å². The topological polar surface area (TPSA) is 46.6 Å². The number of carbonyl (C=O) groups excluding carboxylic acids is 2. The third-order valence-electron chi connectivity index (χ3n) is 4.22. The second-order valence-corrected chi connectivity index (χ2v) is 7.14. The number of amides is 1. The van der Waals surface area contributed by atoms with Crippen molar-refractivity contribution in [2.75, 3.05) is 6.54 Å². The van der Waals surface area contributed by atoms with E-state index in [4.69, 9.17) is 4.74 Å². The fourth-order valence-electron chi connectivity index (χ4n) is 3.08. The van der Waals surface area contributed by atoms with E-state index in [-0.39, 0.29) is 23.8 Å². The number of Topliss-reactive ketones (excluding diaryl/α,β-unsaturated/α-hetero) is 1. The van der Waals surface area contributed by atoms with E-state index in [1.807, 2.05) is 58.0 Å². The van der Waals surface area contributed by atoms with Gasteiger partial charge in [0, 0.05) is 18.9 Å². The van der Waals surface area contributed by atoms with Gasteiger partial charge in [0.15, 0.2) is 0 Å². The van der Waals surface area contributed by atoms with Crippen molar-refractivity contribution in [3.05, 3.63) is 35.9 Å². The molecule has 0 saturated carbocycles. The van der Waals surface area contributed by atoms with Crippen LogP contribution >= 0.6 is 0 Å². The Labute approximate surface area is 138 Å². The molecule has 126 valence electrons. The molecule has 1 fully saturated rings. The Balaban J connectivity index is 2.23. The number of likely N-dealkylation sites (tertiary alicyclic amines) is 1. The van der Waals surface area contributed by atoms with Crippen LogP contribution in [0.3, 0.4) is 0 Å². The molecule has 0 aliphatic carbocycles. The first kappa shape index (κ1) is 17.5. The predicted octanol–water partition coefficient (Wildman–Crippen LogP) is 4.35. The van der Waals surface area contributed by atoms with Gasteiger partial charge in [-0.2, -0.15) is 0 Å². The van der Waals surface area contributed by atoms with Gasteiger partial charge in [-0.3, -0.25) is 4.79 Å². The highest BCUT2D eigenvalue weighted by Crippen LogP contribution is 2.36. The molecule has 1 aliphatic heterocycles. The van der Waals surface area contributed by atoms with Crippen molar-refractivity contribution in [2.24, 2.45) is 5.92 Å². The van der Waals surface area contributed by atoms with Crippen LogP contribution in [0, 0.1) is 5.92 Å². The van der Waals surface area contributed by atoms with Gasteiger partial charge in [0.1, 0.15) is 11.4 Å². The molecule has 1 saturated heterocycles. The van der Waals surface area contributed by atoms with E-state index in [1.165, 1.54) is 0 Å². The van der Waals surface area contributed by atoms with Crippen LogP contribution in [0.15, 0.2) is 30.3 Å². The second-order valence-electron chi connectivity index (χ2n) is 7.14. The molecule has 23 heavy (non-hydrogen) atoms. The van der Waals surface area contributed by atoms with E-state index >= 15 is 0 Å². The van der Waals surface area contributed by atoms with Gasteiger partial charge in [-0.25, -0.2) is 4.79 Å². The fourth-order valence-corrected chi connectivity index (χ4v) is 3.08. The Kier molecular flexibility index (Phi) is 5.45. The van der Waals surface area contributed by atoms with Gasteiger partial charge in [-0.15, -0.1) is 0 Å². The molecule has 1 heterocycles. The number of nitrogens with zero attached hydrogens (tertiary/aromatic N) is 1. The van der Waals surface area contributed by atoms with Gasteiger partial charge >= 0.3 is 6.09 Å². The van der Waals surface area contributed by atoms with Gasteiger partial charge in [0.05, 0.1) is 6.04 Å². The summed E-state index contributed by atoms with van der Waals surface area (Å²) >= 11 is 0. The zero-order valence-corrected chi connectivity index (χ0v) is 14.5. The van der Waals surface area contributed by atoms with Crippen LogP contribution in [-0.2, 0) is 9.53 Å². The molecule has 0 N–H and O–H groups in total. The molecule has 1 aliphatic rings. The van der Waals surface area contributed by atoms with E-state index in [9.17, 15) is 9.59 Å². The van der Waals surface area contributed by atoms with E-state index in [2.05, 4.69) is 0 Å². The van der Waals surface area contributed by atoms with E-state index in [1.54, 1.807) is 4.90 Å². The predicted molar refractivity (Wildman–Crippen MR) is 90.1 cm³/mol. The maximum atomic E-state index is 12.6. The Morgan fingerprint density at radius 2 is 1.87 bits per heavy atom. The van der Waals surface area contributed by atoms with Crippen LogP contribution < -0.4 is 0 Å². The van der Waals surface area contributed by atoms with Crippen LogP contribution in [0.5, 0.6) is 0 Å². The molecular weight excluding hydrogens is 290 g/mol. The molecule has 4 nitrogen and oxygen atoms in total. The summed E-state index contributed by atoms with van der Waals surface area (Å²) in [5, 5.41) is 0. The lowest BCUT2D eigenvalue weighted by molar-refractivity contribution is -0.124. The Bertz CT molecular complexity index is 547. The molecule has 0 spiro atoms. The summed E-state index contributed by atoms with van der Waals surface area (Å²) < 4.78 is 5.55. The Hall–Kier alpha value is -1.84. The molecule has 1 aromatic rings. The highest BCUT2D eigenvalue weighted by atomic mass is 16.6. The molecule has 0 bridgehead atoms. The summed E-state index contributed by atoms with van der Waals surface area (Å²) in [5.41, 5.74) is 0.543. The summed E-state index contributed by atoms with van der Waals surface area (Å²) in [6, 6.07) is 9.82. The Morgan fingerprint density at radius 3 is 2.43 bits per heavy atom. The van der Waals surface area contributed by atoms with E-state index in [0.717, 1.165) is 12.0 Å². The molecule has 1 aromatic carbocycles. The van der Waals surface area contributed by atoms with Gasteiger partial charge in [-0.05, 0) is 39.2 Å². The molecule has 2 rings (SSSR count). The number of rotatable bonds is 3. The zero-order valence-electron chi connectivity index (χ0n) is 14.5. The monoisotopic (exact) mass is 317 g/mol. The molecule has 0 aromatic heterocycles. The molecule has 2 atom stereocenters. The first-order valence-corrected chi connectivity index (χ1v) is 8.39. The quantitative estimate of drug-likeness (QED) is 0.832. The molecule has 4 heteroatoms. The average Bonchev–Trinajstić information content (AvgIpc) is 2.52. The summed E-state index contributed by atoms with van der Waals surface area (Å²) in [6.45, 7) is 8.08.